The highest BCUT2D eigenvalue weighted by atomic mass is 19.4. The van der Waals surface area contributed by atoms with Crippen LogP contribution in [0.4, 0.5) is 18.9 Å². The number of esters is 1. The lowest BCUT2D eigenvalue weighted by Gasteiger charge is -2.09. The Hall–Kier alpha value is -3.69. The normalized spacial score (nSPS) is 11.3. The van der Waals surface area contributed by atoms with Gasteiger partial charge in [-0.15, -0.1) is 13.2 Å². The molecule has 0 N–H and O–H groups in total. The number of ketones is 1. The van der Waals surface area contributed by atoms with Crippen LogP contribution in [0.5, 0.6) is 5.75 Å². The monoisotopic (exact) mass is 409 g/mol. The van der Waals surface area contributed by atoms with Crippen LogP contribution in [0, 0.1) is 10.1 Å². The largest absolute Gasteiger partial charge is 0.573 e. The third kappa shape index (κ3) is 7.45. The summed E-state index contributed by atoms with van der Waals surface area (Å²) in [6.45, 7) is -0.244. The summed E-state index contributed by atoms with van der Waals surface area (Å²) < 4.78 is 44.9. The van der Waals surface area contributed by atoms with Gasteiger partial charge in [-0.25, -0.2) is 0 Å². The molecule has 10 heteroatoms. The molecule has 29 heavy (non-hydrogen) atoms. The number of hydrogen-bond acceptors (Lipinski definition) is 6. The Morgan fingerprint density at radius 1 is 1.07 bits per heavy atom. The van der Waals surface area contributed by atoms with Gasteiger partial charge in [0, 0.05) is 6.07 Å². The van der Waals surface area contributed by atoms with Crippen LogP contribution in [-0.2, 0) is 20.9 Å². The van der Waals surface area contributed by atoms with E-state index in [-0.39, 0.29) is 17.9 Å². The number of para-hydroxylation sites is 1. The van der Waals surface area contributed by atoms with Gasteiger partial charge in [0.1, 0.15) is 18.8 Å². The molecule has 7 nitrogen and oxygen atoms in total. The van der Waals surface area contributed by atoms with Crippen molar-refractivity contribution in [2.75, 3.05) is 0 Å². The van der Waals surface area contributed by atoms with Crippen molar-refractivity contribution in [2.45, 2.75) is 19.4 Å². The number of carbonyl (C=O) groups excluding carboxylic acids is 2. The number of rotatable bonds is 8. The van der Waals surface area contributed by atoms with Crippen LogP contribution in [0.3, 0.4) is 0 Å². The molecule has 0 aliphatic rings. The number of allylic oxidation sites excluding steroid dienone is 1. The molecule has 0 unspecified atom stereocenters. The topological polar surface area (TPSA) is 95.7 Å². The zero-order valence-electron chi connectivity index (χ0n) is 14.7. The van der Waals surface area contributed by atoms with Gasteiger partial charge in [-0.2, -0.15) is 0 Å². The summed E-state index contributed by atoms with van der Waals surface area (Å²) in [6, 6.07) is 10.5. The van der Waals surface area contributed by atoms with Gasteiger partial charge in [-0.05, 0) is 35.9 Å². The Morgan fingerprint density at radius 2 is 1.72 bits per heavy atom. The Balaban J connectivity index is 1.85. The van der Waals surface area contributed by atoms with Crippen LogP contribution in [0.25, 0.3) is 6.08 Å². The Bertz CT molecular complexity index is 922. The standard InChI is InChI=1S/C19H14F3NO6/c20-19(21,22)29-16-9-5-13(6-10-16)12-28-18(25)11-15(24)8-7-14-3-1-2-4-17(14)23(26)27/h1-10H,11-12H2. The fourth-order valence-electron chi connectivity index (χ4n) is 2.18. The predicted octanol–water partition coefficient (Wildman–Crippen LogP) is 4.21. The number of ether oxygens (including phenoxy) is 2. The molecule has 2 aromatic rings. The number of benzene rings is 2. The van der Waals surface area contributed by atoms with E-state index >= 15 is 0 Å². The molecule has 0 aliphatic heterocycles. The summed E-state index contributed by atoms with van der Waals surface area (Å²) in [4.78, 5) is 33.8. The molecule has 0 radical (unpaired) electrons. The van der Waals surface area contributed by atoms with Crippen molar-refractivity contribution in [1.29, 1.82) is 0 Å². The summed E-state index contributed by atoms with van der Waals surface area (Å²) in [5, 5.41) is 10.9. The maximum atomic E-state index is 12.1. The lowest BCUT2D eigenvalue weighted by atomic mass is 10.1. The van der Waals surface area contributed by atoms with E-state index in [9.17, 15) is 32.9 Å². The molecule has 0 fully saturated rings. The fourth-order valence-corrected chi connectivity index (χ4v) is 2.18. The highest BCUT2D eigenvalue weighted by Gasteiger charge is 2.30. The highest BCUT2D eigenvalue weighted by Crippen LogP contribution is 2.23. The summed E-state index contributed by atoms with van der Waals surface area (Å²) in [5.74, 6) is -1.89. The third-order valence-corrected chi connectivity index (χ3v) is 3.46. The minimum atomic E-state index is -4.80. The van der Waals surface area contributed by atoms with Crippen molar-refractivity contribution in [3.63, 3.8) is 0 Å². The van der Waals surface area contributed by atoms with Gasteiger partial charge in [-0.3, -0.25) is 19.7 Å². The second kappa shape index (κ2) is 9.49. The van der Waals surface area contributed by atoms with E-state index in [4.69, 9.17) is 4.74 Å². The number of carbonyl (C=O) groups is 2. The SMILES string of the molecule is O=C(C=Cc1ccccc1[N+](=O)[O-])CC(=O)OCc1ccc(OC(F)(F)F)cc1. The minimum Gasteiger partial charge on any atom is -0.460 e. The Labute approximate surface area is 162 Å². The van der Waals surface area contributed by atoms with Gasteiger partial charge in [-0.1, -0.05) is 24.3 Å². The van der Waals surface area contributed by atoms with E-state index in [1.807, 2.05) is 0 Å². The van der Waals surface area contributed by atoms with Crippen LogP contribution in [-0.4, -0.2) is 23.0 Å². The zero-order valence-corrected chi connectivity index (χ0v) is 14.7. The highest BCUT2D eigenvalue weighted by molar-refractivity contribution is 6.04. The van der Waals surface area contributed by atoms with Crippen molar-refractivity contribution in [3.8, 4) is 5.75 Å². The molecule has 0 bridgehead atoms. The summed E-state index contributed by atoms with van der Waals surface area (Å²) in [7, 11) is 0. The molecule has 0 aliphatic carbocycles. The van der Waals surface area contributed by atoms with Gasteiger partial charge >= 0.3 is 12.3 Å². The molecule has 2 aromatic carbocycles. The molecular formula is C19H14F3NO6. The molecule has 2 rings (SSSR count). The number of nitro benzene ring substituents is 1. The molecular weight excluding hydrogens is 395 g/mol. The van der Waals surface area contributed by atoms with Crippen LogP contribution < -0.4 is 4.74 Å². The first-order valence-electron chi connectivity index (χ1n) is 8.09. The number of hydrogen-bond donors (Lipinski definition) is 0. The molecule has 152 valence electrons. The zero-order chi connectivity index (χ0) is 21.4. The van der Waals surface area contributed by atoms with E-state index in [1.165, 1.54) is 36.4 Å². The maximum Gasteiger partial charge on any atom is 0.573 e. The average Bonchev–Trinajstić information content (AvgIpc) is 2.65. The number of halogens is 3. The average molecular weight is 409 g/mol. The van der Waals surface area contributed by atoms with E-state index in [0.717, 1.165) is 18.2 Å². The molecule has 0 amide bonds. The van der Waals surface area contributed by atoms with E-state index in [1.54, 1.807) is 6.07 Å². The first-order valence-corrected chi connectivity index (χ1v) is 8.09. The molecule has 0 saturated carbocycles. The van der Waals surface area contributed by atoms with Crippen molar-refractivity contribution in [2.24, 2.45) is 0 Å². The third-order valence-electron chi connectivity index (χ3n) is 3.46. The van der Waals surface area contributed by atoms with Crippen LogP contribution in [0.2, 0.25) is 0 Å². The molecule has 0 heterocycles. The fraction of sp³-hybridized carbons (Fsp3) is 0.158. The first-order chi connectivity index (χ1) is 13.6. The van der Waals surface area contributed by atoms with Crippen molar-refractivity contribution < 1.29 is 37.2 Å². The Kier molecular flexibility index (Phi) is 7.07. The Morgan fingerprint density at radius 3 is 2.34 bits per heavy atom. The molecule has 0 saturated heterocycles. The summed E-state index contributed by atoms with van der Waals surface area (Å²) in [5.41, 5.74) is 0.424. The quantitative estimate of drug-likeness (QED) is 0.213. The van der Waals surface area contributed by atoms with Gasteiger partial charge in [0.2, 0.25) is 0 Å². The van der Waals surface area contributed by atoms with Gasteiger partial charge in [0.15, 0.2) is 5.78 Å². The number of alkyl halides is 3. The molecule has 0 aromatic heterocycles. The van der Waals surface area contributed by atoms with E-state index in [0.29, 0.717) is 5.56 Å². The predicted molar refractivity (Wildman–Crippen MR) is 94.7 cm³/mol. The second-order valence-electron chi connectivity index (χ2n) is 5.64. The minimum absolute atomic E-state index is 0.183. The van der Waals surface area contributed by atoms with E-state index in [2.05, 4.69) is 4.74 Å². The lowest BCUT2D eigenvalue weighted by Crippen LogP contribution is -2.17. The molecule has 0 spiro atoms. The smallest absolute Gasteiger partial charge is 0.460 e. The van der Waals surface area contributed by atoms with Gasteiger partial charge in [0.25, 0.3) is 5.69 Å². The number of nitro groups is 1. The van der Waals surface area contributed by atoms with Crippen molar-refractivity contribution >= 4 is 23.5 Å². The summed E-state index contributed by atoms with van der Waals surface area (Å²) in [6.07, 6.45) is -3.13. The maximum absolute atomic E-state index is 12.1. The van der Waals surface area contributed by atoms with Crippen molar-refractivity contribution in [1.82, 2.24) is 0 Å². The van der Waals surface area contributed by atoms with Crippen LogP contribution >= 0.6 is 0 Å². The van der Waals surface area contributed by atoms with Crippen molar-refractivity contribution in [3.05, 3.63) is 75.8 Å². The van der Waals surface area contributed by atoms with Gasteiger partial charge in [0.05, 0.1) is 10.5 Å². The summed E-state index contributed by atoms with van der Waals surface area (Å²) >= 11 is 0. The van der Waals surface area contributed by atoms with Crippen LogP contribution in [0.1, 0.15) is 17.5 Å². The van der Waals surface area contributed by atoms with Gasteiger partial charge < -0.3 is 9.47 Å². The second-order valence-corrected chi connectivity index (χ2v) is 5.64. The molecule has 0 atom stereocenters. The number of nitrogens with zero attached hydrogens (tertiary/aromatic N) is 1. The first kappa shape index (κ1) is 21.6. The van der Waals surface area contributed by atoms with E-state index < -0.39 is 35.2 Å². The lowest BCUT2D eigenvalue weighted by molar-refractivity contribution is -0.385. The van der Waals surface area contributed by atoms with Crippen LogP contribution in [0.15, 0.2) is 54.6 Å².